The van der Waals surface area contributed by atoms with Crippen molar-refractivity contribution in [3.8, 4) is 0 Å². The molecular formula is C30H23BN2+2. The maximum atomic E-state index is 2.36. The van der Waals surface area contributed by atoms with E-state index in [0.717, 1.165) is 0 Å². The Morgan fingerprint density at radius 3 is 1.33 bits per heavy atom. The highest BCUT2D eigenvalue weighted by Gasteiger charge is 2.47. The van der Waals surface area contributed by atoms with Crippen LogP contribution in [0.25, 0.3) is 0 Å². The third-order valence-electron chi connectivity index (χ3n) is 7.33. The van der Waals surface area contributed by atoms with Gasteiger partial charge in [-0.1, -0.05) is 89.8 Å². The Hall–Kier alpha value is -3.98. The van der Waals surface area contributed by atoms with Gasteiger partial charge in [-0.2, -0.15) is 9.13 Å². The number of fused-ring (bicyclic) bond motifs is 4. The second-order valence-electron chi connectivity index (χ2n) is 8.99. The molecule has 3 heteroatoms. The van der Waals surface area contributed by atoms with Gasteiger partial charge in [-0.15, -0.1) is 0 Å². The second-order valence-corrected chi connectivity index (χ2v) is 8.99. The van der Waals surface area contributed by atoms with Gasteiger partial charge >= 0.3 is 0 Å². The molecule has 2 unspecified atom stereocenters. The number of hydrogen-bond acceptors (Lipinski definition) is 0. The highest BCUT2D eigenvalue weighted by molar-refractivity contribution is 6.97. The van der Waals surface area contributed by atoms with E-state index in [2.05, 4.69) is 137 Å². The van der Waals surface area contributed by atoms with E-state index in [9.17, 15) is 0 Å². The topological polar surface area (TPSA) is 7.76 Å². The summed E-state index contributed by atoms with van der Waals surface area (Å²) in [5, 5.41) is 0. The van der Waals surface area contributed by atoms with Crippen molar-refractivity contribution in [2.24, 2.45) is 0 Å². The zero-order valence-electron chi connectivity index (χ0n) is 18.3. The molecule has 2 nitrogen and oxygen atoms in total. The zero-order valence-corrected chi connectivity index (χ0v) is 18.3. The van der Waals surface area contributed by atoms with Crippen LogP contribution in [0.2, 0.25) is 0 Å². The van der Waals surface area contributed by atoms with Gasteiger partial charge in [-0.05, 0) is 5.46 Å². The van der Waals surface area contributed by atoms with Crippen LogP contribution in [-0.2, 0) is 0 Å². The van der Waals surface area contributed by atoms with Gasteiger partial charge in [0.25, 0.3) is 0 Å². The van der Waals surface area contributed by atoms with Gasteiger partial charge in [0.05, 0.1) is 0 Å². The summed E-state index contributed by atoms with van der Waals surface area (Å²) in [6.45, 7) is 0.254. The molecular weight excluding hydrogens is 399 g/mol. The van der Waals surface area contributed by atoms with Gasteiger partial charge in [0, 0.05) is 46.5 Å². The van der Waals surface area contributed by atoms with Crippen LogP contribution < -0.4 is 25.5 Å². The predicted octanol–water partition coefficient (Wildman–Crippen LogP) is 2.68. The molecule has 0 amide bonds. The molecule has 2 atom stereocenters. The summed E-state index contributed by atoms with van der Waals surface area (Å²) >= 11 is 0. The SMILES string of the molecule is c1cc[n+](C2c3ccccc3B3c4ccccc4C([n+]4ccccc4)c4cccc2c43)cc1. The van der Waals surface area contributed by atoms with E-state index in [1.807, 2.05) is 0 Å². The van der Waals surface area contributed by atoms with Gasteiger partial charge < -0.3 is 0 Å². The molecule has 0 radical (unpaired) electrons. The van der Waals surface area contributed by atoms with Crippen molar-refractivity contribution in [1.82, 2.24) is 0 Å². The Labute approximate surface area is 194 Å². The fraction of sp³-hybridized carbons (Fsp3) is 0.0667. The van der Waals surface area contributed by atoms with Crippen LogP contribution in [0.1, 0.15) is 34.3 Å². The standard InChI is InChI=1S/C30H23BN2/c1-7-18-32(19-8-1)29-22-12-3-5-16-26(22)31-27-17-6-4-13-23(27)30(33-20-9-2-10-21-33)25-15-11-14-24(29)28(25)31/h1-21,29-30H/q+2. The van der Waals surface area contributed by atoms with Gasteiger partial charge in [0.1, 0.15) is 0 Å². The highest BCUT2D eigenvalue weighted by atomic mass is 15.0. The number of aromatic nitrogens is 2. The minimum atomic E-state index is 0.167. The molecule has 0 aliphatic carbocycles. The Bertz CT molecular complexity index is 1370. The first-order valence-corrected chi connectivity index (χ1v) is 11.6. The Morgan fingerprint density at radius 2 is 0.848 bits per heavy atom. The van der Waals surface area contributed by atoms with Gasteiger partial charge in [0.15, 0.2) is 24.8 Å². The zero-order chi connectivity index (χ0) is 21.8. The van der Waals surface area contributed by atoms with Gasteiger partial charge in [-0.25, -0.2) is 0 Å². The first kappa shape index (κ1) is 18.6. The van der Waals surface area contributed by atoms with E-state index in [1.165, 1.54) is 38.6 Å². The van der Waals surface area contributed by atoms with Crippen LogP contribution in [0.5, 0.6) is 0 Å². The second kappa shape index (κ2) is 7.28. The summed E-state index contributed by atoms with van der Waals surface area (Å²) < 4.78 is 4.71. The van der Waals surface area contributed by atoms with E-state index in [-0.39, 0.29) is 18.8 Å². The maximum absolute atomic E-state index is 2.36. The van der Waals surface area contributed by atoms with Crippen molar-refractivity contribution in [1.29, 1.82) is 0 Å². The minimum Gasteiger partial charge on any atom is -0.194 e. The average molecular weight is 422 g/mol. The van der Waals surface area contributed by atoms with E-state index in [4.69, 9.17) is 0 Å². The van der Waals surface area contributed by atoms with E-state index in [0.29, 0.717) is 0 Å². The van der Waals surface area contributed by atoms with Crippen molar-refractivity contribution in [3.05, 3.63) is 150 Å². The molecule has 2 aliphatic rings. The predicted molar refractivity (Wildman–Crippen MR) is 132 cm³/mol. The van der Waals surface area contributed by atoms with Crippen LogP contribution in [0.15, 0.2) is 128 Å². The third kappa shape index (κ3) is 2.69. The molecule has 2 aromatic heterocycles. The Balaban J connectivity index is 1.58. The van der Waals surface area contributed by atoms with Crippen molar-refractivity contribution in [2.75, 3.05) is 0 Å². The van der Waals surface area contributed by atoms with Crippen LogP contribution in [-0.4, -0.2) is 6.71 Å². The maximum Gasteiger partial charge on any atom is 0.244 e. The molecule has 0 saturated heterocycles. The van der Waals surface area contributed by atoms with Crippen LogP contribution >= 0.6 is 0 Å². The number of benzene rings is 3. The lowest BCUT2D eigenvalue weighted by molar-refractivity contribution is -0.705. The fourth-order valence-electron chi connectivity index (χ4n) is 6.08. The molecule has 0 N–H and O–H groups in total. The molecule has 33 heavy (non-hydrogen) atoms. The van der Waals surface area contributed by atoms with Crippen molar-refractivity contribution in [3.63, 3.8) is 0 Å². The third-order valence-corrected chi connectivity index (χ3v) is 7.33. The summed E-state index contributed by atoms with van der Waals surface area (Å²) in [6.07, 6.45) is 8.78. The molecule has 5 aromatic rings. The Kier molecular flexibility index (Phi) is 4.10. The average Bonchev–Trinajstić information content (AvgIpc) is 2.89. The van der Waals surface area contributed by atoms with E-state index < -0.39 is 0 Å². The summed E-state index contributed by atoms with van der Waals surface area (Å²) in [7, 11) is 0. The normalized spacial score (nSPS) is 17.6. The van der Waals surface area contributed by atoms with E-state index in [1.54, 1.807) is 0 Å². The first-order valence-electron chi connectivity index (χ1n) is 11.6. The summed E-state index contributed by atoms with van der Waals surface area (Å²) in [4.78, 5) is 0. The summed E-state index contributed by atoms with van der Waals surface area (Å²) in [5.74, 6) is 0. The number of hydrogen-bond donors (Lipinski definition) is 0. The molecule has 0 spiro atoms. The molecule has 0 bridgehead atoms. The van der Waals surface area contributed by atoms with Crippen LogP contribution in [0.4, 0.5) is 0 Å². The largest absolute Gasteiger partial charge is 0.244 e. The minimum absolute atomic E-state index is 0.167. The smallest absolute Gasteiger partial charge is 0.194 e. The molecule has 0 saturated carbocycles. The quantitative estimate of drug-likeness (QED) is 0.299. The van der Waals surface area contributed by atoms with Crippen molar-refractivity contribution < 1.29 is 9.13 Å². The highest BCUT2D eigenvalue weighted by Crippen LogP contribution is 2.32. The molecule has 0 fully saturated rings. The molecule has 3 aromatic carbocycles. The first-order chi connectivity index (χ1) is 16.4. The number of rotatable bonds is 2. The van der Waals surface area contributed by atoms with Crippen LogP contribution in [0, 0.1) is 0 Å². The molecule has 154 valence electrons. The van der Waals surface area contributed by atoms with Crippen molar-refractivity contribution in [2.45, 2.75) is 12.1 Å². The molecule has 4 heterocycles. The fourth-order valence-corrected chi connectivity index (χ4v) is 6.08. The lowest BCUT2D eigenvalue weighted by Crippen LogP contribution is -2.66. The molecule has 7 rings (SSSR count). The number of nitrogens with zero attached hydrogens (tertiary/aromatic N) is 2. The van der Waals surface area contributed by atoms with Gasteiger partial charge in [-0.3, -0.25) is 0 Å². The monoisotopic (exact) mass is 422 g/mol. The van der Waals surface area contributed by atoms with Gasteiger partial charge in [0.2, 0.25) is 18.8 Å². The van der Waals surface area contributed by atoms with Crippen molar-refractivity contribution >= 4 is 23.1 Å². The Morgan fingerprint density at radius 1 is 0.424 bits per heavy atom. The lowest BCUT2D eigenvalue weighted by Gasteiger charge is -2.36. The van der Waals surface area contributed by atoms with E-state index >= 15 is 0 Å². The summed E-state index contributed by atoms with van der Waals surface area (Å²) in [6, 6.07) is 38.0. The number of pyridine rings is 2. The van der Waals surface area contributed by atoms with Crippen LogP contribution in [0.3, 0.4) is 0 Å². The summed E-state index contributed by atoms with van der Waals surface area (Å²) in [5.41, 5.74) is 9.91. The molecule has 2 aliphatic heterocycles. The lowest BCUT2D eigenvalue weighted by atomic mass is 9.30.